The van der Waals surface area contributed by atoms with Crippen LogP contribution in [-0.2, 0) is 4.74 Å². The Kier molecular flexibility index (Phi) is 5.50. The van der Waals surface area contributed by atoms with E-state index in [1.807, 2.05) is 0 Å². The Bertz CT molecular complexity index is 314. The van der Waals surface area contributed by atoms with Gasteiger partial charge in [0.05, 0.1) is 0 Å². The Balaban J connectivity index is 1.76. The number of hydrogen-bond donors (Lipinski definition) is 0. The number of carbonyl (C=O) groups excluding carboxylic acids is 1. The van der Waals surface area contributed by atoms with E-state index >= 15 is 0 Å². The van der Waals surface area contributed by atoms with Crippen molar-refractivity contribution in [1.29, 1.82) is 0 Å². The fourth-order valence-corrected chi connectivity index (χ4v) is 3.34. The molecule has 1 atom stereocenters. The first-order chi connectivity index (χ1) is 8.96. The molecular weight excluding hydrogens is 309 g/mol. The van der Waals surface area contributed by atoms with Crippen molar-refractivity contribution >= 4 is 40.9 Å². The lowest BCUT2D eigenvalue weighted by atomic mass is 9.80. The summed E-state index contributed by atoms with van der Waals surface area (Å²) in [6.45, 7) is 1.37. The normalized spacial score (nSPS) is 25.6. The van der Waals surface area contributed by atoms with Crippen LogP contribution in [0.25, 0.3) is 0 Å². The van der Waals surface area contributed by atoms with Crippen molar-refractivity contribution in [2.75, 3.05) is 19.7 Å². The van der Waals surface area contributed by atoms with Gasteiger partial charge in [0.1, 0.15) is 6.61 Å². The number of likely N-dealkylation sites (tertiary alicyclic amines) is 1. The zero-order valence-corrected chi connectivity index (χ0v) is 13.2. The molecule has 6 heteroatoms. The van der Waals surface area contributed by atoms with Crippen LogP contribution in [0, 0.1) is 11.8 Å². The predicted octanol–water partition coefficient (Wildman–Crippen LogP) is 4.40. The highest BCUT2D eigenvalue weighted by atomic mass is 35.6. The van der Waals surface area contributed by atoms with E-state index in [1.165, 1.54) is 32.1 Å². The maximum absolute atomic E-state index is 11.8. The molecule has 0 radical (unpaired) electrons. The summed E-state index contributed by atoms with van der Waals surface area (Å²) < 4.78 is 3.49. The van der Waals surface area contributed by atoms with E-state index < -0.39 is 3.79 Å². The minimum absolute atomic E-state index is 0.193. The van der Waals surface area contributed by atoms with E-state index in [9.17, 15) is 4.79 Å². The van der Waals surface area contributed by atoms with Crippen LogP contribution in [0.2, 0.25) is 0 Å². The third-order valence-electron chi connectivity index (χ3n) is 4.16. The zero-order valence-electron chi connectivity index (χ0n) is 10.9. The lowest BCUT2D eigenvalue weighted by Gasteiger charge is -2.27. The van der Waals surface area contributed by atoms with Crippen molar-refractivity contribution in [2.45, 2.75) is 42.3 Å². The predicted molar refractivity (Wildman–Crippen MR) is 77.9 cm³/mol. The minimum atomic E-state index is -1.53. The van der Waals surface area contributed by atoms with E-state index in [0.29, 0.717) is 5.92 Å². The molecule has 2 fully saturated rings. The van der Waals surface area contributed by atoms with Gasteiger partial charge in [-0.2, -0.15) is 0 Å². The molecule has 0 unspecified atom stereocenters. The van der Waals surface area contributed by atoms with Gasteiger partial charge in [0.15, 0.2) is 0 Å². The van der Waals surface area contributed by atoms with Gasteiger partial charge in [-0.1, -0.05) is 66.9 Å². The topological polar surface area (TPSA) is 29.5 Å². The Morgan fingerprint density at radius 3 is 2.42 bits per heavy atom. The lowest BCUT2D eigenvalue weighted by molar-refractivity contribution is 0.109. The number of amides is 1. The SMILES string of the molecule is O=C(OCC(Cl)(Cl)Cl)N1CC[C@H](C2CCCCC2)C1. The molecule has 0 aromatic heterocycles. The Morgan fingerprint density at radius 2 is 1.79 bits per heavy atom. The van der Waals surface area contributed by atoms with Gasteiger partial charge in [-0.25, -0.2) is 4.79 Å². The average Bonchev–Trinajstić information content (AvgIpc) is 2.86. The lowest BCUT2D eigenvalue weighted by Crippen LogP contribution is -2.32. The van der Waals surface area contributed by atoms with Crippen LogP contribution in [0.5, 0.6) is 0 Å². The first-order valence-corrected chi connectivity index (χ1v) is 8.07. The summed E-state index contributed by atoms with van der Waals surface area (Å²) in [6.07, 6.45) is 7.36. The van der Waals surface area contributed by atoms with Gasteiger partial charge < -0.3 is 9.64 Å². The molecule has 1 aliphatic carbocycles. The molecule has 110 valence electrons. The van der Waals surface area contributed by atoms with Crippen molar-refractivity contribution < 1.29 is 9.53 Å². The Hall–Kier alpha value is 0.140. The van der Waals surface area contributed by atoms with E-state index in [-0.39, 0.29) is 12.7 Å². The monoisotopic (exact) mass is 327 g/mol. The molecule has 1 aliphatic heterocycles. The van der Waals surface area contributed by atoms with Crippen LogP contribution in [0.1, 0.15) is 38.5 Å². The summed E-state index contributed by atoms with van der Waals surface area (Å²) in [4.78, 5) is 13.6. The van der Waals surface area contributed by atoms with E-state index in [2.05, 4.69) is 0 Å². The van der Waals surface area contributed by atoms with Gasteiger partial charge in [0.2, 0.25) is 3.79 Å². The summed E-state index contributed by atoms with van der Waals surface area (Å²) in [5.41, 5.74) is 0. The van der Waals surface area contributed by atoms with E-state index in [4.69, 9.17) is 39.5 Å². The summed E-state index contributed by atoms with van der Waals surface area (Å²) in [5.74, 6) is 1.40. The van der Waals surface area contributed by atoms with E-state index in [0.717, 1.165) is 25.4 Å². The first-order valence-electron chi connectivity index (χ1n) is 6.94. The highest BCUT2D eigenvalue weighted by Crippen LogP contribution is 2.35. The summed E-state index contributed by atoms with van der Waals surface area (Å²) in [6, 6.07) is 0. The molecule has 0 aromatic rings. The van der Waals surface area contributed by atoms with Gasteiger partial charge in [0.25, 0.3) is 0 Å². The molecule has 3 nitrogen and oxygen atoms in total. The van der Waals surface area contributed by atoms with Gasteiger partial charge in [-0.3, -0.25) is 0 Å². The summed E-state index contributed by atoms with van der Waals surface area (Å²) in [7, 11) is 0. The van der Waals surface area contributed by atoms with Crippen molar-refractivity contribution in [3.8, 4) is 0 Å². The number of hydrogen-bond acceptors (Lipinski definition) is 2. The molecule has 0 bridgehead atoms. The summed E-state index contributed by atoms with van der Waals surface area (Å²) in [5, 5.41) is 0. The number of carbonyl (C=O) groups is 1. The summed E-state index contributed by atoms with van der Waals surface area (Å²) >= 11 is 16.7. The van der Waals surface area contributed by atoms with Crippen LogP contribution >= 0.6 is 34.8 Å². The third kappa shape index (κ3) is 4.87. The van der Waals surface area contributed by atoms with E-state index in [1.54, 1.807) is 4.90 Å². The standard InChI is InChI=1S/C13H20Cl3NO2/c14-13(15,16)9-19-12(18)17-7-6-11(8-17)10-4-2-1-3-5-10/h10-11H,1-9H2/t11-/m0/s1. The molecular formula is C13H20Cl3NO2. The largest absolute Gasteiger partial charge is 0.445 e. The number of alkyl halides is 3. The maximum atomic E-state index is 11.8. The maximum Gasteiger partial charge on any atom is 0.409 e. The highest BCUT2D eigenvalue weighted by molar-refractivity contribution is 6.67. The van der Waals surface area contributed by atoms with Crippen molar-refractivity contribution in [3.05, 3.63) is 0 Å². The molecule has 0 aromatic carbocycles. The second-order valence-electron chi connectivity index (χ2n) is 5.56. The second-order valence-corrected chi connectivity index (χ2v) is 8.08. The zero-order chi connectivity index (χ0) is 13.9. The fraction of sp³-hybridized carbons (Fsp3) is 0.923. The molecule has 2 aliphatic rings. The second kappa shape index (κ2) is 6.73. The van der Waals surface area contributed by atoms with Crippen LogP contribution in [0.15, 0.2) is 0 Å². The van der Waals surface area contributed by atoms with Gasteiger partial charge in [-0.05, 0) is 18.3 Å². The number of ether oxygens (including phenoxy) is 1. The smallest absolute Gasteiger partial charge is 0.409 e. The van der Waals surface area contributed by atoms with Crippen LogP contribution in [-0.4, -0.2) is 34.5 Å². The van der Waals surface area contributed by atoms with Gasteiger partial charge in [-0.15, -0.1) is 0 Å². The number of halogens is 3. The molecule has 19 heavy (non-hydrogen) atoms. The van der Waals surface area contributed by atoms with Crippen molar-refractivity contribution in [2.24, 2.45) is 11.8 Å². The van der Waals surface area contributed by atoms with Crippen molar-refractivity contribution in [1.82, 2.24) is 4.90 Å². The average molecular weight is 329 g/mol. The van der Waals surface area contributed by atoms with Crippen molar-refractivity contribution in [3.63, 3.8) is 0 Å². The Labute approximate surface area is 129 Å². The van der Waals surface area contributed by atoms with Crippen LogP contribution < -0.4 is 0 Å². The molecule has 1 saturated heterocycles. The molecule has 1 heterocycles. The first kappa shape index (κ1) is 15.5. The quantitative estimate of drug-likeness (QED) is 0.703. The molecule has 1 amide bonds. The molecule has 0 N–H and O–H groups in total. The highest BCUT2D eigenvalue weighted by Gasteiger charge is 2.34. The Morgan fingerprint density at radius 1 is 1.11 bits per heavy atom. The fourth-order valence-electron chi connectivity index (χ4n) is 3.18. The molecule has 0 spiro atoms. The molecule has 2 rings (SSSR count). The van der Waals surface area contributed by atoms with Gasteiger partial charge >= 0.3 is 6.09 Å². The van der Waals surface area contributed by atoms with Crippen LogP contribution in [0.4, 0.5) is 4.79 Å². The minimum Gasteiger partial charge on any atom is -0.445 e. The van der Waals surface area contributed by atoms with Gasteiger partial charge in [0, 0.05) is 13.1 Å². The third-order valence-corrected chi connectivity index (χ3v) is 4.49. The number of nitrogens with zero attached hydrogens (tertiary/aromatic N) is 1. The molecule has 1 saturated carbocycles. The number of rotatable bonds is 2. The van der Waals surface area contributed by atoms with Crippen LogP contribution in [0.3, 0.4) is 0 Å².